The summed E-state index contributed by atoms with van der Waals surface area (Å²) >= 11 is 1.80. The lowest BCUT2D eigenvalue weighted by Crippen LogP contribution is -2.62. The third-order valence-corrected chi connectivity index (χ3v) is 6.11. The maximum Gasteiger partial charge on any atom is 0.0670 e. The highest BCUT2D eigenvalue weighted by atomic mass is 32.2. The first kappa shape index (κ1) is 15.2. The van der Waals surface area contributed by atoms with Gasteiger partial charge in [0.1, 0.15) is 0 Å². The monoisotopic (exact) mass is 305 g/mol. The van der Waals surface area contributed by atoms with Crippen LogP contribution in [0.25, 0.3) is 0 Å². The average Bonchev–Trinajstić information content (AvgIpc) is 2.55. The predicted molar refractivity (Wildman–Crippen MR) is 91.2 cm³/mol. The molecule has 1 N–H and O–H groups in total. The zero-order chi connectivity index (χ0) is 14.7. The summed E-state index contributed by atoms with van der Waals surface area (Å²) in [4.78, 5) is 1.33. The molecule has 0 aliphatic heterocycles. The maximum absolute atomic E-state index is 6.03. The Labute approximate surface area is 133 Å². The highest BCUT2D eigenvalue weighted by molar-refractivity contribution is 7.98. The molecule has 2 unspecified atom stereocenters. The zero-order valence-corrected chi connectivity index (χ0v) is 14.0. The van der Waals surface area contributed by atoms with Gasteiger partial charge in [0.25, 0.3) is 0 Å². The molecule has 1 aromatic rings. The Morgan fingerprint density at radius 2 is 1.90 bits per heavy atom. The van der Waals surface area contributed by atoms with Crippen LogP contribution in [-0.2, 0) is 4.74 Å². The van der Waals surface area contributed by atoms with Crippen molar-refractivity contribution in [3.05, 3.63) is 24.3 Å². The summed E-state index contributed by atoms with van der Waals surface area (Å²) in [5, 5.41) is 3.79. The largest absolute Gasteiger partial charge is 0.382 e. The molecule has 0 bridgehead atoms. The van der Waals surface area contributed by atoms with Crippen molar-refractivity contribution in [3.8, 4) is 0 Å². The van der Waals surface area contributed by atoms with E-state index in [1.807, 2.05) is 0 Å². The normalized spacial score (nSPS) is 27.3. The molecule has 2 fully saturated rings. The summed E-state index contributed by atoms with van der Waals surface area (Å²) in [6.45, 7) is 2.97. The number of hydrogen-bond donors (Lipinski definition) is 1. The molecule has 2 aliphatic rings. The van der Waals surface area contributed by atoms with E-state index in [0.29, 0.717) is 17.6 Å². The van der Waals surface area contributed by atoms with Crippen molar-refractivity contribution in [1.82, 2.24) is 0 Å². The van der Waals surface area contributed by atoms with Gasteiger partial charge in [-0.1, -0.05) is 19.3 Å². The lowest BCUT2D eigenvalue weighted by Gasteiger charge is -2.58. The maximum atomic E-state index is 6.03. The standard InChI is InChI=1S/C18H27NOS/c1-3-20-17-13-16(18(17)11-5-4-6-12-18)19-14-7-9-15(21-2)10-8-14/h7-10,16-17,19H,3-6,11-13H2,1-2H3. The molecule has 0 radical (unpaired) electrons. The molecule has 0 heterocycles. The minimum atomic E-state index is 0.395. The second-order valence-corrected chi connectivity index (χ2v) is 7.28. The van der Waals surface area contributed by atoms with Gasteiger partial charge >= 0.3 is 0 Å². The second kappa shape index (κ2) is 6.62. The van der Waals surface area contributed by atoms with Crippen LogP contribution in [0, 0.1) is 5.41 Å². The first-order chi connectivity index (χ1) is 10.3. The first-order valence-corrected chi connectivity index (χ1v) is 9.53. The Kier molecular flexibility index (Phi) is 4.80. The van der Waals surface area contributed by atoms with Crippen molar-refractivity contribution in [2.24, 2.45) is 5.41 Å². The van der Waals surface area contributed by atoms with Crippen molar-refractivity contribution in [3.63, 3.8) is 0 Å². The Bertz CT molecular complexity index is 453. The van der Waals surface area contributed by atoms with Crippen molar-refractivity contribution in [2.45, 2.75) is 62.5 Å². The third kappa shape index (κ3) is 2.95. The third-order valence-electron chi connectivity index (χ3n) is 5.37. The van der Waals surface area contributed by atoms with Gasteiger partial charge in [-0.3, -0.25) is 0 Å². The highest BCUT2D eigenvalue weighted by Gasteiger charge is 2.55. The van der Waals surface area contributed by atoms with E-state index < -0.39 is 0 Å². The van der Waals surface area contributed by atoms with Crippen molar-refractivity contribution in [2.75, 3.05) is 18.2 Å². The molecule has 0 saturated heterocycles. The van der Waals surface area contributed by atoms with E-state index in [1.165, 1.54) is 42.7 Å². The van der Waals surface area contributed by atoms with Gasteiger partial charge in [0.05, 0.1) is 6.10 Å². The molecule has 2 atom stereocenters. The van der Waals surface area contributed by atoms with E-state index >= 15 is 0 Å². The van der Waals surface area contributed by atoms with Crippen LogP contribution in [0.1, 0.15) is 45.4 Å². The van der Waals surface area contributed by atoms with E-state index in [2.05, 4.69) is 42.8 Å². The number of hydrogen-bond acceptors (Lipinski definition) is 3. The molecule has 2 saturated carbocycles. The van der Waals surface area contributed by atoms with Crippen molar-refractivity contribution in [1.29, 1.82) is 0 Å². The molecule has 3 rings (SSSR count). The van der Waals surface area contributed by atoms with Crippen LogP contribution in [0.4, 0.5) is 5.69 Å². The summed E-state index contributed by atoms with van der Waals surface area (Å²) in [5.41, 5.74) is 1.66. The Morgan fingerprint density at radius 1 is 1.19 bits per heavy atom. The van der Waals surface area contributed by atoms with E-state index in [0.717, 1.165) is 13.0 Å². The van der Waals surface area contributed by atoms with E-state index in [4.69, 9.17) is 4.74 Å². The van der Waals surface area contributed by atoms with Gasteiger partial charge in [0, 0.05) is 28.6 Å². The Hall–Kier alpha value is -0.670. The molecular formula is C18H27NOS. The second-order valence-electron chi connectivity index (χ2n) is 6.40. The molecule has 2 nitrogen and oxygen atoms in total. The summed E-state index contributed by atoms with van der Waals surface area (Å²) in [6.07, 6.45) is 10.6. The van der Waals surface area contributed by atoms with E-state index in [-0.39, 0.29) is 0 Å². The first-order valence-electron chi connectivity index (χ1n) is 8.30. The summed E-state index contributed by atoms with van der Waals surface area (Å²) in [6, 6.07) is 9.44. The van der Waals surface area contributed by atoms with Gasteiger partial charge < -0.3 is 10.1 Å². The molecule has 21 heavy (non-hydrogen) atoms. The van der Waals surface area contributed by atoms with E-state index in [9.17, 15) is 0 Å². The Morgan fingerprint density at radius 3 is 2.52 bits per heavy atom. The lowest BCUT2D eigenvalue weighted by molar-refractivity contribution is -0.134. The fourth-order valence-corrected chi connectivity index (χ4v) is 4.56. The number of nitrogens with one attached hydrogen (secondary N) is 1. The van der Waals surface area contributed by atoms with Gasteiger partial charge in [-0.2, -0.15) is 0 Å². The summed E-state index contributed by atoms with van der Waals surface area (Å²) in [5.74, 6) is 0. The topological polar surface area (TPSA) is 21.3 Å². The van der Waals surface area contributed by atoms with Crippen molar-refractivity contribution < 1.29 is 4.74 Å². The number of rotatable bonds is 5. The molecule has 3 heteroatoms. The van der Waals surface area contributed by atoms with Gasteiger partial charge in [0.15, 0.2) is 0 Å². The number of anilines is 1. The van der Waals surface area contributed by atoms with Gasteiger partial charge in [-0.25, -0.2) is 0 Å². The van der Waals surface area contributed by atoms with Crippen LogP contribution in [0.2, 0.25) is 0 Å². The highest BCUT2D eigenvalue weighted by Crippen LogP contribution is 2.54. The Balaban J connectivity index is 1.69. The lowest BCUT2D eigenvalue weighted by atomic mass is 9.55. The average molecular weight is 305 g/mol. The summed E-state index contributed by atoms with van der Waals surface area (Å²) in [7, 11) is 0. The number of benzene rings is 1. The van der Waals surface area contributed by atoms with Gasteiger partial charge in [0.2, 0.25) is 0 Å². The van der Waals surface area contributed by atoms with Gasteiger partial charge in [-0.15, -0.1) is 11.8 Å². The number of ether oxygens (including phenoxy) is 1. The smallest absolute Gasteiger partial charge is 0.0670 e. The van der Waals surface area contributed by atoms with E-state index in [1.54, 1.807) is 11.8 Å². The van der Waals surface area contributed by atoms with Crippen molar-refractivity contribution >= 4 is 17.4 Å². The molecular weight excluding hydrogens is 278 g/mol. The number of thioether (sulfide) groups is 1. The molecule has 2 aliphatic carbocycles. The van der Waals surface area contributed by atoms with Crippen LogP contribution in [0.3, 0.4) is 0 Å². The minimum absolute atomic E-state index is 0.395. The minimum Gasteiger partial charge on any atom is -0.382 e. The van der Waals surface area contributed by atoms with Crippen LogP contribution in [-0.4, -0.2) is 25.0 Å². The molecule has 1 aromatic carbocycles. The molecule has 116 valence electrons. The van der Waals surface area contributed by atoms with Crippen LogP contribution in [0.15, 0.2) is 29.2 Å². The quantitative estimate of drug-likeness (QED) is 0.778. The fraction of sp³-hybridized carbons (Fsp3) is 0.667. The van der Waals surface area contributed by atoms with Crippen LogP contribution < -0.4 is 5.32 Å². The molecule has 1 spiro atoms. The predicted octanol–water partition coefficient (Wildman–Crippen LogP) is 4.95. The van der Waals surface area contributed by atoms with Gasteiger partial charge in [-0.05, 0) is 56.7 Å². The van der Waals surface area contributed by atoms with Crippen LogP contribution >= 0.6 is 11.8 Å². The summed E-state index contributed by atoms with van der Waals surface area (Å²) < 4.78 is 6.03. The molecule has 0 amide bonds. The molecule has 0 aromatic heterocycles. The SMILES string of the molecule is CCOC1CC(Nc2ccc(SC)cc2)C12CCCCC2. The zero-order valence-electron chi connectivity index (χ0n) is 13.2. The fourth-order valence-electron chi connectivity index (χ4n) is 4.15. The van der Waals surface area contributed by atoms with Crippen LogP contribution in [0.5, 0.6) is 0 Å².